The van der Waals surface area contributed by atoms with E-state index in [-0.39, 0.29) is 13.0 Å². The summed E-state index contributed by atoms with van der Waals surface area (Å²) >= 11 is 0. The average Bonchev–Trinajstić information content (AvgIpc) is 2.80. The number of carbonyl (C=O) groups is 2. The van der Waals surface area contributed by atoms with Crippen LogP contribution in [-0.4, -0.2) is 50.6 Å². The summed E-state index contributed by atoms with van der Waals surface area (Å²) in [4.78, 5) is 34.1. The first kappa shape index (κ1) is 14.9. The van der Waals surface area contributed by atoms with E-state index in [9.17, 15) is 29.2 Å². The van der Waals surface area contributed by atoms with E-state index in [1.54, 1.807) is 0 Å². The van der Waals surface area contributed by atoms with E-state index in [0.717, 1.165) is 17.0 Å². The minimum absolute atomic E-state index is 0.157. The maximum absolute atomic E-state index is 13.1. The van der Waals surface area contributed by atoms with Gasteiger partial charge in [-0.3, -0.25) is 14.9 Å². The molecule has 1 aliphatic rings. The van der Waals surface area contributed by atoms with Crippen molar-refractivity contribution in [3.8, 4) is 0 Å². The van der Waals surface area contributed by atoms with Crippen molar-refractivity contribution in [3.05, 3.63) is 39.7 Å². The standard InChI is InChI=1S/C12H11FN2O6/c13-6-1-2-8(9(3-6)15(20)21)11(17)14-5-7(16)4-10(14)12(18)19/h1-3,7,10,16H,4-5H2,(H,18,19)/t7-,10+/m1/s1. The summed E-state index contributed by atoms with van der Waals surface area (Å²) in [5, 5.41) is 29.4. The highest BCUT2D eigenvalue weighted by Crippen LogP contribution is 2.26. The summed E-state index contributed by atoms with van der Waals surface area (Å²) in [7, 11) is 0. The van der Waals surface area contributed by atoms with E-state index in [2.05, 4.69) is 0 Å². The van der Waals surface area contributed by atoms with Gasteiger partial charge in [0.25, 0.3) is 11.6 Å². The van der Waals surface area contributed by atoms with Crippen LogP contribution in [0.15, 0.2) is 18.2 Å². The number of nitro groups is 1. The zero-order valence-electron chi connectivity index (χ0n) is 10.6. The second-order valence-corrected chi connectivity index (χ2v) is 4.62. The van der Waals surface area contributed by atoms with Crippen molar-refractivity contribution in [1.29, 1.82) is 0 Å². The molecule has 1 aromatic carbocycles. The van der Waals surface area contributed by atoms with Gasteiger partial charge in [-0.05, 0) is 12.1 Å². The molecule has 2 rings (SSSR count). The number of carboxylic acid groups (broad SMARTS) is 1. The van der Waals surface area contributed by atoms with E-state index in [0.29, 0.717) is 6.07 Å². The molecule has 2 N–H and O–H groups in total. The fourth-order valence-electron chi connectivity index (χ4n) is 2.26. The van der Waals surface area contributed by atoms with Crippen LogP contribution in [0.5, 0.6) is 0 Å². The Kier molecular flexibility index (Phi) is 3.85. The second kappa shape index (κ2) is 5.44. The maximum Gasteiger partial charge on any atom is 0.326 e. The highest BCUT2D eigenvalue weighted by atomic mass is 19.1. The van der Waals surface area contributed by atoms with E-state index in [1.807, 2.05) is 0 Å². The van der Waals surface area contributed by atoms with Crippen LogP contribution < -0.4 is 0 Å². The zero-order chi connectivity index (χ0) is 15.7. The van der Waals surface area contributed by atoms with Gasteiger partial charge >= 0.3 is 5.97 Å². The fraction of sp³-hybridized carbons (Fsp3) is 0.333. The third kappa shape index (κ3) is 2.82. The lowest BCUT2D eigenvalue weighted by atomic mass is 10.1. The van der Waals surface area contributed by atoms with Crippen LogP contribution in [-0.2, 0) is 4.79 Å². The number of hydrogen-bond acceptors (Lipinski definition) is 5. The third-order valence-electron chi connectivity index (χ3n) is 3.21. The monoisotopic (exact) mass is 298 g/mol. The Bertz CT molecular complexity index is 620. The molecule has 8 nitrogen and oxygen atoms in total. The molecule has 0 unspecified atom stereocenters. The number of likely N-dealkylation sites (tertiary alicyclic amines) is 1. The number of aliphatic hydroxyl groups is 1. The Morgan fingerprint density at radius 2 is 2.10 bits per heavy atom. The molecular formula is C12H11FN2O6. The van der Waals surface area contributed by atoms with E-state index < -0.39 is 46.0 Å². The third-order valence-corrected chi connectivity index (χ3v) is 3.21. The molecule has 1 saturated heterocycles. The minimum atomic E-state index is -1.32. The normalized spacial score (nSPS) is 21.3. The molecule has 0 radical (unpaired) electrons. The van der Waals surface area contributed by atoms with Gasteiger partial charge in [-0.2, -0.15) is 0 Å². The van der Waals surface area contributed by atoms with E-state index >= 15 is 0 Å². The van der Waals surface area contributed by atoms with Crippen LogP contribution in [0.1, 0.15) is 16.8 Å². The lowest BCUT2D eigenvalue weighted by molar-refractivity contribution is -0.385. The van der Waals surface area contributed by atoms with Gasteiger partial charge in [-0.1, -0.05) is 0 Å². The molecule has 1 aromatic rings. The molecule has 0 bridgehead atoms. The molecular weight excluding hydrogens is 287 g/mol. The number of halogens is 1. The molecule has 0 saturated carbocycles. The SMILES string of the molecule is O=C(O)[C@@H]1C[C@@H](O)CN1C(=O)c1ccc(F)cc1[N+](=O)[O-]. The number of aliphatic hydroxyl groups excluding tert-OH is 1. The smallest absolute Gasteiger partial charge is 0.326 e. The topological polar surface area (TPSA) is 121 Å². The first-order valence-electron chi connectivity index (χ1n) is 5.97. The number of carbonyl (C=O) groups excluding carboxylic acids is 1. The molecule has 1 amide bonds. The molecule has 9 heteroatoms. The van der Waals surface area contributed by atoms with Crippen LogP contribution in [0.2, 0.25) is 0 Å². The number of aliphatic carboxylic acids is 1. The van der Waals surface area contributed by atoms with Crippen molar-refractivity contribution in [3.63, 3.8) is 0 Å². The van der Waals surface area contributed by atoms with E-state index in [4.69, 9.17) is 5.11 Å². The predicted molar refractivity (Wildman–Crippen MR) is 66.1 cm³/mol. The molecule has 0 aliphatic carbocycles. The first-order chi connectivity index (χ1) is 9.81. The Hall–Kier alpha value is -2.55. The lowest BCUT2D eigenvalue weighted by Crippen LogP contribution is -2.40. The van der Waals surface area contributed by atoms with Crippen LogP contribution >= 0.6 is 0 Å². The van der Waals surface area contributed by atoms with Gasteiger partial charge in [-0.25, -0.2) is 9.18 Å². The summed E-state index contributed by atoms with van der Waals surface area (Å²) < 4.78 is 13.1. The molecule has 112 valence electrons. The molecule has 0 spiro atoms. The zero-order valence-corrected chi connectivity index (χ0v) is 10.6. The Morgan fingerprint density at radius 3 is 2.67 bits per heavy atom. The lowest BCUT2D eigenvalue weighted by Gasteiger charge is -2.21. The average molecular weight is 298 g/mol. The number of β-amino-alcohol motifs (C(OH)–C–C–N with tert-alkyl or cyclic N) is 1. The number of carboxylic acids is 1. The van der Waals surface area contributed by atoms with Crippen LogP contribution in [0, 0.1) is 15.9 Å². The van der Waals surface area contributed by atoms with Gasteiger partial charge < -0.3 is 15.1 Å². The maximum atomic E-state index is 13.1. The van der Waals surface area contributed by atoms with Crippen LogP contribution in [0.4, 0.5) is 10.1 Å². The van der Waals surface area contributed by atoms with Crippen molar-refractivity contribution in [2.75, 3.05) is 6.54 Å². The van der Waals surface area contributed by atoms with Crippen molar-refractivity contribution in [2.24, 2.45) is 0 Å². The number of amides is 1. The van der Waals surface area contributed by atoms with Crippen molar-refractivity contribution in [1.82, 2.24) is 4.90 Å². The number of nitrogens with zero attached hydrogens (tertiary/aromatic N) is 2. The number of hydrogen-bond donors (Lipinski definition) is 2. The molecule has 0 aromatic heterocycles. The van der Waals surface area contributed by atoms with Crippen LogP contribution in [0.25, 0.3) is 0 Å². The molecule has 2 atom stereocenters. The molecule has 1 fully saturated rings. The van der Waals surface area contributed by atoms with Gasteiger partial charge in [0.15, 0.2) is 0 Å². The summed E-state index contributed by atoms with van der Waals surface area (Å²) in [5.74, 6) is -3.12. The molecule has 1 aliphatic heterocycles. The highest BCUT2D eigenvalue weighted by molar-refractivity contribution is 6.00. The number of nitro benzene ring substituents is 1. The van der Waals surface area contributed by atoms with Gasteiger partial charge in [0.05, 0.1) is 17.1 Å². The van der Waals surface area contributed by atoms with Crippen LogP contribution in [0.3, 0.4) is 0 Å². The number of benzene rings is 1. The highest BCUT2D eigenvalue weighted by Gasteiger charge is 2.40. The summed E-state index contributed by atoms with van der Waals surface area (Å²) in [6.07, 6.45) is -1.18. The number of rotatable bonds is 3. The predicted octanol–water partition coefficient (Wildman–Crippen LogP) is 0.394. The molecule has 21 heavy (non-hydrogen) atoms. The minimum Gasteiger partial charge on any atom is -0.480 e. The largest absolute Gasteiger partial charge is 0.480 e. The Labute approximate surface area is 117 Å². The first-order valence-corrected chi connectivity index (χ1v) is 5.97. The van der Waals surface area contributed by atoms with Crippen molar-refractivity contribution >= 4 is 17.6 Å². The van der Waals surface area contributed by atoms with Gasteiger partial charge in [0, 0.05) is 13.0 Å². The van der Waals surface area contributed by atoms with Gasteiger partial charge in [0.2, 0.25) is 0 Å². The van der Waals surface area contributed by atoms with Gasteiger partial charge in [-0.15, -0.1) is 0 Å². The Morgan fingerprint density at radius 1 is 1.43 bits per heavy atom. The van der Waals surface area contributed by atoms with Gasteiger partial charge in [0.1, 0.15) is 17.4 Å². The summed E-state index contributed by atoms with van der Waals surface area (Å²) in [6, 6.07) is 1.13. The Balaban J connectivity index is 2.40. The summed E-state index contributed by atoms with van der Waals surface area (Å²) in [5.41, 5.74) is -1.16. The van der Waals surface area contributed by atoms with Crippen molar-refractivity contribution in [2.45, 2.75) is 18.6 Å². The summed E-state index contributed by atoms with van der Waals surface area (Å²) in [6.45, 7) is -0.246. The van der Waals surface area contributed by atoms with E-state index in [1.165, 1.54) is 0 Å². The fourth-order valence-corrected chi connectivity index (χ4v) is 2.26. The van der Waals surface area contributed by atoms with Crippen molar-refractivity contribution < 1.29 is 29.1 Å². The second-order valence-electron chi connectivity index (χ2n) is 4.62. The quantitative estimate of drug-likeness (QED) is 0.615. The molecule has 1 heterocycles.